The summed E-state index contributed by atoms with van der Waals surface area (Å²) in [6.45, 7) is 3.82. The van der Waals surface area contributed by atoms with Gasteiger partial charge in [-0.25, -0.2) is 14.2 Å². The summed E-state index contributed by atoms with van der Waals surface area (Å²) in [6.07, 6.45) is 0. The summed E-state index contributed by atoms with van der Waals surface area (Å²) in [7, 11) is 0. The van der Waals surface area contributed by atoms with Crippen LogP contribution in [0.4, 0.5) is 4.39 Å². The van der Waals surface area contributed by atoms with Crippen molar-refractivity contribution in [3.05, 3.63) is 63.5 Å². The summed E-state index contributed by atoms with van der Waals surface area (Å²) < 4.78 is 18.4. The monoisotopic (exact) mass is 345 g/mol. The predicted molar refractivity (Wildman–Crippen MR) is 90.3 cm³/mol. The molecule has 2 heterocycles. The van der Waals surface area contributed by atoms with Crippen LogP contribution in [0.5, 0.6) is 0 Å². The lowest BCUT2D eigenvalue weighted by Gasteiger charge is -2.25. The molecule has 0 spiro atoms. The van der Waals surface area contributed by atoms with Crippen molar-refractivity contribution in [2.24, 2.45) is 4.99 Å². The molecular weight excluding hydrogens is 329 g/mol. The van der Waals surface area contributed by atoms with Crippen molar-refractivity contribution in [3.63, 3.8) is 0 Å². The molecule has 5 nitrogen and oxygen atoms in total. The molecule has 0 bridgehead atoms. The van der Waals surface area contributed by atoms with E-state index in [2.05, 4.69) is 15.3 Å². The molecule has 1 atom stereocenters. The first kappa shape index (κ1) is 16.3. The van der Waals surface area contributed by atoms with Gasteiger partial charge in [-0.05, 0) is 31.5 Å². The smallest absolute Gasteiger partial charge is 0.338 e. The number of carbonyl (C=O) groups is 1. The number of nitrogens with zero attached hydrogens (tertiary/aromatic N) is 2. The second kappa shape index (κ2) is 6.92. The van der Waals surface area contributed by atoms with Gasteiger partial charge in [0.15, 0.2) is 5.84 Å². The maximum Gasteiger partial charge on any atom is 0.338 e. The van der Waals surface area contributed by atoms with E-state index >= 15 is 0 Å². The lowest BCUT2D eigenvalue weighted by molar-refractivity contribution is -0.138. The second-order valence-corrected chi connectivity index (χ2v) is 5.91. The van der Waals surface area contributed by atoms with Crippen molar-refractivity contribution in [2.45, 2.75) is 19.9 Å². The number of aliphatic imine (C=N–C) groups is 1. The van der Waals surface area contributed by atoms with E-state index in [-0.39, 0.29) is 12.4 Å². The standard InChI is InChI=1S/C17H16FN3O2S/c1-3-23-17(22)14-10(2)20-16(13-8-24-9-19-13)21-15(14)11-4-6-12(18)7-5-11/h4-9,15H,3H2,1-2H3,(H,20,21). The summed E-state index contributed by atoms with van der Waals surface area (Å²) in [4.78, 5) is 21.3. The SMILES string of the molecule is CCOC(=O)C1=C(C)NC(c2cscn2)=NC1c1ccc(F)cc1. The molecule has 2 aromatic rings. The average Bonchev–Trinajstić information content (AvgIpc) is 3.09. The number of nitrogens with one attached hydrogen (secondary N) is 1. The molecule has 1 aliphatic rings. The Morgan fingerprint density at radius 2 is 2.12 bits per heavy atom. The number of amidine groups is 1. The lowest BCUT2D eigenvalue weighted by atomic mass is 9.96. The maximum absolute atomic E-state index is 13.2. The summed E-state index contributed by atoms with van der Waals surface area (Å²) in [5.74, 6) is -0.191. The molecule has 0 aliphatic carbocycles. The quantitative estimate of drug-likeness (QED) is 0.864. The first-order valence-electron chi connectivity index (χ1n) is 7.47. The molecule has 0 saturated carbocycles. The Morgan fingerprint density at radius 3 is 2.75 bits per heavy atom. The van der Waals surface area contributed by atoms with E-state index in [0.717, 1.165) is 0 Å². The topological polar surface area (TPSA) is 63.6 Å². The number of hydrogen-bond donors (Lipinski definition) is 1. The van der Waals surface area contributed by atoms with Crippen LogP contribution in [0.3, 0.4) is 0 Å². The molecule has 1 unspecified atom stereocenters. The van der Waals surface area contributed by atoms with Crippen molar-refractivity contribution in [3.8, 4) is 0 Å². The Hall–Kier alpha value is -2.54. The maximum atomic E-state index is 13.2. The summed E-state index contributed by atoms with van der Waals surface area (Å²) in [5, 5.41) is 4.99. The molecular formula is C17H16FN3O2S. The molecule has 124 valence electrons. The van der Waals surface area contributed by atoms with Gasteiger partial charge in [-0.2, -0.15) is 0 Å². The van der Waals surface area contributed by atoms with Crippen molar-refractivity contribution < 1.29 is 13.9 Å². The largest absolute Gasteiger partial charge is 0.463 e. The molecule has 1 N–H and O–H groups in total. The number of thiazole rings is 1. The highest BCUT2D eigenvalue weighted by molar-refractivity contribution is 7.07. The third-order valence-electron chi connectivity index (χ3n) is 3.60. The Kier molecular flexibility index (Phi) is 4.71. The zero-order valence-electron chi connectivity index (χ0n) is 13.2. The number of esters is 1. The third-order valence-corrected chi connectivity index (χ3v) is 4.18. The summed E-state index contributed by atoms with van der Waals surface area (Å²) >= 11 is 1.46. The minimum absolute atomic E-state index is 0.272. The van der Waals surface area contributed by atoms with Crippen LogP contribution in [0.25, 0.3) is 0 Å². The minimum atomic E-state index is -0.567. The molecule has 1 aliphatic heterocycles. The van der Waals surface area contributed by atoms with E-state index < -0.39 is 12.0 Å². The minimum Gasteiger partial charge on any atom is -0.463 e. The van der Waals surface area contributed by atoms with Crippen molar-refractivity contribution in [1.82, 2.24) is 10.3 Å². The van der Waals surface area contributed by atoms with Gasteiger partial charge in [-0.1, -0.05) is 12.1 Å². The van der Waals surface area contributed by atoms with E-state index in [1.165, 1.54) is 23.5 Å². The zero-order chi connectivity index (χ0) is 17.1. The van der Waals surface area contributed by atoms with Crippen molar-refractivity contribution >= 4 is 23.1 Å². The van der Waals surface area contributed by atoms with Gasteiger partial charge in [0, 0.05) is 11.1 Å². The van der Waals surface area contributed by atoms with Gasteiger partial charge in [0.2, 0.25) is 0 Å². The van der Waals surface area contributed by atoms with E-state index in [1.54, 1.807) is 31.5 Å². The van der Waals surface area contributed by atoms with E-state index in [9.17, 15) is 9.18 Å². The van der Waals surface area contributed by atoms with Gasteiger partial charge < -0.3 is 10.1 Å². The normalized spacial score (nSPS) is 17.3. The number of hydrogen-bond acceptors (Lipinski definition) is 6. The molecule has 0 amide bonds. The van der Waals surface area contributed by atoms with Crippen LogP contribution < -0.4 is 5.32 Å². The van der Waals surface area contributed by atoms with Crippen LogP contribution in [-0.4, -0.2) is 23.4 Å². The molecule has 0 fully saturated rings. The highest BCUT2D eigenvalue weighted by atomic mass is 32.1. The Balaban J connectivity index is 2.06. The first-order chi connectivity index (χ1) is 11.6. The fraction of sp³-hybridized carbons (Fsp3) is 0.235. The van der Waals surface area contributed by atoms with Crippen LogP contribution in [0, 0.1) is 5.82 Å². The van der Waals surface area contributed by atoms with Crippen molar-refractivity contribution in [2.75, 3.05) is 6.61 Å². The fourth-order valence-corrected chi connectivity index (χ4v) is 3.03. The van der Waals surface area contributed by atoms with Crippen LogP contribution in [0.2, 0.25) is 0 Å². The third kappa shape index (κ3) is 3.21. The predicted octanol–water partition coefficient (Wildman–Crippen LogP) is 3.21. The number of aromatic nitrogens is 1. The van der Waals surface area contributed by atoms with Crippen LogP contribution in [-0.2, 0) is 9.53 Å². The number of carbonyl (C=O) groups excluding carboxylic acids is 1. The second-order valence-electron chi connectivity index (χ2n) is 5.19. The number of allylic oxidation sites excluding steroid dienone is 1. The summed E-state index contributed by atoms with van der Waals surface area (Å²) in [6, 6.07) is 5.39. The van der Waals surface area contributed by atoms with E-state index in [1.807, 2.05) is 5.38 Å². The first-order valence-corrected chi connectivity index (χ1v) is 8.41. The molecule has 1 aromatic carbocycles. The zero-order valence-corrected chi connectivity index (χ0v) is 14.1. The van der Waals surface area contributed by atoms with Crippen LogP contribution >= 0.6 is 11.3 Å². The van der Waals surface area contributed by atoms with Gasteiger partial charge >= 0.3 is 5.97 Å². The molecule has 1 aromatic heterocycles. The highest BCUT2D eigenvalue weighted by Crippen LogP contribution is 2.32. The Bertz CT molecular complexity index is 798. The van der Waals surface area contributed by atoms with Crippen LogP contribution in [0.15, 0.2) is 51.4 Å². The summed E-state index contributed by atoms with van der Waals surface area (Å²) in [5.41, 5.74) is 4.21. The number of halogens is 1. The van der Waals surface area contributed by atoms with Gasteiger partial charge in [0.25, 0.3) is 0 Å². The molecule has 24 heavy (non-hydrogen) atoms. The van der Waals surface area contributed by atoms with Crippen LogP contribution in [0.1, 0.15) is 31.1 Å². The number of benzene rings is 1. The van der Waals surface area contributed by atoms with Crippen molar-refractivity contribution in [1.29, 1.82) is 0 Å². The van der Waals surface area contributed by atoms with Gasteiger partial charge in [-0.15, -0.1) is 11.3 Å². The molecule has 0 saturated heterocycles. The Morgan fingerprint density at radius 1 is 1.38 bits per heavy atom. The fourth-order valence-electron chi connectivity index (χ4n) is 2.50. The van der Waals surface area contributed by atoms with E-state index in [0.29, 0.717) is 28.4 Å². The molecule has 3 rings (SSSR count). The highest BCUT2D eigenvalue weighted by Gasteiger charge is 2.31. The number of ether oxygens (including phenoxy) is 1. The molecule has 0 radical (unpaired) electrons. The lowest BCUT2D eigenvalue weighted by Crippen LogP contribution is -2.33. The van der Waals surface area contributed by atoms with Gasteiger partial charge in [0.1, 0.15) is 17.6 Å². The van der Waals surface area contributed by atoms with Gasteiger partial charge in [-0.3, -0.25) is 4.99 Å². The van der Waals surface area contributed by atoms with Gasteiger partial charge in [0.05, 0.1) is 17.7 Å². The van der Waals surface area contributed by atoms with E-state index in [4.69, 9.17) is 4.74 Å². The molecule has 7 heteroatoms. The average molecular weight is 345 g/mol. The Labute approximate surface area is 142 Å². The number of rotatable bonds is 4.